The number of fused-ring (bicyclic) bond motifs is 1. The van der Waals surface area contributed by atoms with Gasteiger partial charge in [-0.1, -0.05) is 18.2 Å². The van der Waals surface area contributed by atoms with E-state index in [9.17, 15) is 13.2 Å². The fourth-order valence-electron chi connectivity index (χ4n) is 3.66. The molecule has 0 saturated carbocycles. The van der Waals surface area contributed by atoms with Crippen molar-refractivity contribution in [2.24, 2.45) is 0 Å². The first-order chi connectivity index (χ1) is 12.0. The second kappa shape index (κ2) is 5.97. The van der Waals surface area contributed by atoms with Crippen LogP contribution in [0.4, 0.5) is 5.69 Å². The smallest absolute Gasteiger partial charge is 0.258 e. The van der Waals surface area contributed by atoms with Crippen molar-refractivity contribution in [2.75, 3.05) is 11.4 Å². The van der Waals surface area contributed by atoms with Crippen LogP contribution in [-0.4, -0.2) is 31.2 Å². The molecule has 1 unspecified atom stereocenters. The summed E-state index contributed by atoms with van der Waals surface area (Å²) in [6.45, 7) is 3.04. The molecule has 2 aliphatic rings. The maximum atomic E-state index is 12.8. The summed E-state index contributed by atoms with van der Waals surface area (Å²) in [7, 11) is -3.47. The van der Waals surface area contributed by atoms with Crippen LogP contribution in [0.25, 0.3) is 0 Å². The summed E-state index contributed by atoms with van der Waals surface area (Å²) in [5, 5.41) is 0. The predicted molar refractivity (Wildman–Crippen MR) is 96.0 cm³/mol. The molecule has 25 heavy (non-hydrogen) atoms. The molecule has 2 aliphatic heterocycles. The van der Waals surface area contributed by atoms with Gasteiger partial charge in [-0.3, -0.25) is 4.79 Å². The first kappa shape index (κ1) is 16.3. The molecule has 1 amide bonds. The third kappa shape index (κ3) is 2.65. The minimum atomic E-state index is -3.47. The van der Waals surface area contributed by atoms with E-state index in [-0.39, 0.29) is 16.8 Å². The molecule has 2 heterocycles. The Labute approximate surface area is 147 Å². The highest BCUT2D eigenvalue weighted by Crippen LogP contribution is 2.30. The van der Waals surface area contributed by atoms with Gasteiger partial charge in [-0.2, -0.15) is 4.31 Å². The number of hydrogen-bond acceptors (Lipinski definition) is 3. The standard InChI is InChI=1S/C19H20N2O3S/c1-14-5-4-12-21(14)25(23,24)17-10-8-16(9-11-17)20-13-15-6-2-3-7-18(15)19(20)22/h2-3,6-11,14H,4-5,12-13H2,1H3. The third-order valence-corrected chi connectivity index (χ3v) is 7.10. The van der Waals surface area contributed by atoms with E-state index in [0.29, 0.717) is 18.7 Å². The van der Waals surface area contributed by atoms with E-state index in [2.05, 4.69) is 0 Å². The molecule has 1 atom stereocenters. The molecular formula is C19H20N2O3S. The van der Waals surface area contributed by atoms with Gasteiger partial charge in [0.15, 0.2) is 0 Å². The van der Waals surface area contributed by atoms with Crippen molar-refractivity contribution in [3.63, 3.8) is 0 Å². The maximum Gasteiger partial charge on any atom is 0.258 e. The van der Waals surface area contributed by atoms with Gasteiger partial charge in [0.05, 0.1) is 11.4 Å². The summed E-state index contributed by atoms with van der Waals surface area (Å²) in [6.07, 6.45) is 1.80. The van der Waals surface area contributed by atoms with Crippen LogP contribution in [-0.2, 0) is 16.6 Å². The van der Waals surface area contributed by atoms with Crippen molar-refractivity contribution in [2.45, 2.75) is 37.2 Å². The molecule has 0 spiro atoms. The van der Waals surface area contributed by atoms with Gasteiger partial charge in [0.25, 0.3) is 5.91 Å². The van der Waals surface area contributed by atoms with Crippen LogP contribution < -0.4 is 4.90 Å². The van der Waals surface area contributed by atoms with E-state index in [1.165, 1.54) is 0 Å². The Morgan fingerprint density at radius 2 is 1.76 bits per heavy atom. The highest BCUT2D eigenvalue weighted by atomic mass is 32.2. The van der Waals surface area contributed by atoms with Crippen LogP contribution >= 0.6 is 0 Å². The summed E-state index contributed by atoms with van der Waals surface area (Å²) in [6, 6.07) is 14.2. The van der Waals surface area contributed by atoms with E-state index >= 15 is 0 Å². The second-order valence-electron chi connectivity index (χ2n) is 6.65. The molecule has 2 aromatic rings. The van der Waals surface area contributed by atoms with E-state index in [1.54, 1.807) is 33.5 Å². The number of nitrogens with zero attached hydrogens (tertiary/aromatic N) is 2. The molecule has 1 fully saturated rings. The van der Waals surface area contributed by atoms with Crippen LogP contribution in [0.5, 0.6) is 0 Å². The molecule has 6 heteroatoms. The summed E-state index contributed by atoms with van der Waals surface area (Å²) in [5.41, 5.74) is 2.43. The van der Waals surface area contributed by atoms with Crippen LogP contribution in [0.2, 0.25) is 0 Å². The molecule has 0 bridgehead atoms. The van der Waals surface area contributed by atoms with Crippen molar-refractivity contribution < 1.29 is 13.2 Å². The van der Waals surface area contributed by atoms with Gasteiger partial charge >= 0.3 is 0 Å². The maximum absolute atomic E-state index is 12.8. The average molecular weight is 356 g/mol. The summed E-state index contributed by atoms with van der Waals surface area (Å²) >= 11 is 0. The summed E-state index contributed by atoms with van der Waals surface area (Å²) < 4.78 is 27.1. The minimum Gasteiger partial charge on any atom is -0.304 e. The minimum absolute atomic E-state index is 0.0411. The van der Waals surface area contributed by atoms with E-state index in [4.69, 9.17) is 0 Å². The quantitative estimate of drug-likeness (QED) is 0.849. The Balaban J connectivity index is 1.60. The first-order valence-corrected chi connectivity index (χ1v) is 9.94. The molecule has 0 aromatic heterocycles. The summed E-state index contributed by atoms with van der Waals surface area (Å²) in [4.78, 5) is 14.5. The monoisotopic (exact) mass is 356 g/mol. The number of sulfonamides is 1. The molecule has 0 N–H and O–H groups in total. The summed E-state index contributed by atoms with van der Waals surface area (Å²) in [5.74, 6) is -0.0422. The van der Waals surface area contributed by atoms with Gasteiger partial charge in [0.2, 0.25) is 10.0 Å². The van der Waals surface area contributed by atoms with Crippen LogP contribution in [0.1, 0.15) is 35.7 Å². The zero-order valence-corrected chi connectivity index (χ0v) is 14.9. The third-order valence-electron chi connectivity index (χ3n) is 5.07. The van der Waals surface area contributed by atoms with Crippen LogP contribution in [0, 0.1) is 0 Å². The Morgan fingerprint density at radius 1 is 1.04 bits per heavy atom. The Bertz CT molecular complexity index is 922. The van der Waals surface area contributed by atoms with Crippen LogP contribution in [0.3, 0.4) is 0 Å². The van der Waals surface area contributed by atoms with Crippen LogP contribution in [0.15, 0.2) is 53.4 Å². The molecule has 4 rings (SSSR count). The number of carbonyl (C=O) groups excluding carboxylic acids is 1. The average Bonchev–Trinajstić information content (AvgIpc) is 3.19. The molecule has 0 aliphatic carbocycles. The Kier molecular flexibility index (Phi) is 3.89. The van der Waals surface area contributed by atoms with Gasteiger partial charge in [-0.15, -0.1) is 0 Å². The van der Waals surface area contributed by atoms with Crippen molar-refractivity contribution in [1.82, 2.24) is 4.31 Å². The number of amides is 1. The zero-order valence-electron chi connectivity index (χ0n) is 14.1. The Hall–Kier alpha value is -2.18. The highest BCUT2D eigenvalue weighted by molar-refractivity contribution is 7.89. The van der Waals surface area contributed by atoms with Crippen molar-refractivity contribution in [3.8, 4) is 0 Å². The topological polar surface area (TPSA) is 57.7 Å². The molecule has 5 nitrogen and oxygen atoms in total. The number of benzene rings is 2. The van der Waals surface area contributed by atoms with Gasteiger partial charge < -0.3 is 4.90 Å². The number of anilines is 1. The largest absolute Gasteiger partial charge is 0.304 e. The van der Waals surface area contributed by atoms with E-state index in [1.807, 2.05) is 31.2 Å². The SMILES string of the molecule is CC1CCCN1S(=O)(=O)c1ccc(N2Cc3ccccc3C2=O)cc1. The second-order valence-corrected chi connectivity index (χ2v) is 8.54. The normalized spacial score (nSPS) is 20.9. The van der Waals surface area contributed by atoms with Crippen molar-refractivity contribution in [3.05, 3.63) is 59.7 Å². The molecular weight excluding hydrogens is 336 g/mol. The van der Waals surface area contributed by atoms with Crippen molar-refractivity contribution >= 4 is 21.6 Å². The fraction of sp³-hybridized carbons (Fsp3) is 0.316. The lowest BCUT2D eigenvalue weighted by atomic mass is 10.1. The lowest BCUT2D eigenvalue weighted by Crippen LogP contribution is -2.33. The van der Waals surface area contributed by atoms with Gasteiger partial charge in [0.1, 0.15) is 0 Å². The lowest BCUT2D eigenvalue weighted by Gasteiger charge is -2.21. The van der Waals surface area contributed by atoms with E-state index < -0.39 is 10.0 Å². The number of rotatable bonds is 3. The van der Waals surface area contributed by atoms with Gasteiger partial charge in [-0.05, 0) is 55.7 Å². The molecule has 130 valence electrons. The Morgan fingerprint density at radius 3 is 2.40 bits per heavy atom. The number of carbonyl (C=O) groups is 1. The lowest BCUT2D eigenvalue weighted by molar-refractivity contribution is 0.0996. The predicted octanol–water partition coefficient (Wildman–Crippen LogP) is 3.02. The van der Waals surface area contributed by atoms with Gasteiger partial charge in [-0.25, -0.2) is 8.42 Å². The van der Waals surface area contributed by atoms with E-state index in [0.717, 1.165) is 24.1 Å². The molecule has 0 radical (unpaired) electrons. The first-order valence-electron chi connectivity index (χ1n) is 8.50. The van der Waals surface area contributed by atoms with Crippen molar-refractivity contribution in [1.29, 1.82) is 0 Å². The van der Waals surface area contributed by atoms with Gasteiger partial charge in [0, 0.05) is 23.8 Å². The molecule has 2 aromatic carbocycles. The number of hydrogen-bond donors (Lipinski definition) is 0. The zero-order chi connectivity index (χ0) is 17.6. The highest BCUT2D eigenvalue weighted by Gasteiger charge is 2.33. The molecule has 1 saturated heterocycles. The fourth-order valence-corrected chi connectivity index (χ4v) is 5.36.